The number of likely N-dealkylation sites (tertiary alicyclic amines) is 1. The van der Waals surface area contributed by atoms with Crippen LogP contribution in [0.4, 0.5) is 0 Å². The summed E-state index contributed by atoms with van der Waals surface area (Å²) in [5.41, 5.74) is 2.01. The standard InChI is InChI=1S/C16H21NO3/c1-11(16(19)20)13-5-7-14(8-6-13)15-4-3-9-17(10-15)12(2)18/h5-8,11,15H,3-4,9-10H2,1-2H3,(H,19,20). The molecule has 1 N–H and O–H groups in total. The van der Waals surface area contributed by atoms with Crippen LogP contribution in [0.25, 0.3) is 0 Å². The summed E-state index contributed by atoms with van der Waals surface area (Å²) in [7, 11) is 0. The highest BCUT2D eigenvalue weighted by molar-refractivity contribution is 5.75. The summed E-state index contributed by atoms with van der Waals surface area (Å²) in [6.07, 6.45) is 2.11. The average molecular weight is 275 g/mol. The van der Waals surface area contributed by atoms with Gasteiger partial charge in [0.25, 0.3) is 0 Å². The highest BCUT2D eigenvalue weighted by Crippen LogP contribution is 2.28. The van der Waals surface area contributed by atoms with E-state index in [2.05, 4.69) is 0 Å². The lowest BCUT2D eigenvalue weighted by Gasteiger charge is -2.32. The maximum atomic E-state index is 11.5. The zero-order valence-corrected chi connectivity index (χ0v) is 12.0. The second-order valence-corrected chi connectivity index (χ2v) is 5.53. The van der Waals surface area contributed by atoms with Crippen LogP contribution in [0.5, 0.6) is 0 Å². The molecule has 2 atom stereocenters. The topological polar surface area (TPSA) is 57.6 Å². The van der Waals surface area contributed by atoms with Gasteiger partial charge in [0.05, 0.1) is 5.92 Å². The molecule has 4 nitrogen and oxygen atoms in total. The molecule has 0 aliphatic carbocycles. The van der Waals surface area contributed by atoms with Crippen LogP contribution in [0.1, 0.15) is 49.7 Å². The van der Waals surface area contributed by atoms with Crippen molar-refractivity contribution in [1.29, 1.82) is 0 Å². The number of carboxylic acid groups (broad SMARTS) is 1. The lowest BCUT2D eigenvalue weighted by molar-refractivity contribution is -0.138. The summed E-state index contributed by atoms with van der Waals surface area (Å²) in [4.78, 5) is 24.3. The molecule has 2 unspecified atom stereocenters. The van der Waals surface area contributed by atoms with E-state index >= 15 is 0 Å². The number of amides is 1. The zero-order valence-electron chi connectivity index (χ0n) is 12.0. The van der Waals surface area contributed by atoms with E-state index < -0.39 is 11.9 Å². The Morgan fingerprint density at radius 2 is 1.95 bits per heavy atom. The normalized spacial score (nSPS) is 20.5. The van der Waals surface area contributed by atoms with Crippen molar-refractivity contribution < 1.29 is 14.7 Å². The van der Waals surface area contributed by atoms with Crippen LogP contribution in [0, 0.1) is 0 Å². The number of nitrogens with zero attached hydrogens (tertiary/aromatic N) is 1. The summed E-state index contributed by atoms with van der Waals surface area (Å²) in [5, 5.41) is 9.01. The maximum Gasteiger partial charge on any atom is 0.310 e. The molecular formula is C16H21NO3. The van der Waals surface area contributed by atoms with Gasteiger partial charge in [-0.2, -0.15) is 0 Å². The molecule has 20 heavy (non-hydrogen) atoms. The molecule has 0 spiro atoms. The van der Waals surface area contributed by atoms with Crippen molar-refractivity contribution in [3.05, 3.63) is 35.4 Å². The van der Waals surface area contributed by atoms with Crippen molar-refractivity contribution in [2.45, 2.75) is 38.5 Å². The molecule has 1 aromatic rings. The molecule has 1 amide bonds. The Labute approximate surface area is 119 Å². The smallest absolute Gasteiger partial charge is 0.310 e. The second kappa shape index (κ2) is 6.07. The number of rotatable bonds is 3. The van der Waals surface area contributed by atoms with E-state index in [-0.39, 0.29) is 5.91 Å². The molecular weight excluding hydrogens is 254 g/mol. The predicted molar refractivity (Wildman–Crippen MR) is 76.7 cm³/mol. The molecule has 1 aromatic carbocycles. The van der Waals surface area contributed by atoms with Gasteiger partial charge in [-0.25, -0.2) is 0 Å². The highest BCUT2D eigenvalue weighted by Gasteiger charge is 2.23. The van der Waals surface area contributed by atoms with Gasteiger partial charge in [-0.05, 0) is 30.9 Å². The van der Waals surface area contributed by atoms with Gasteiger partial charge in [0.15, 0.2) is 0 Å². The first-order valence-corrected chi connectivity index (χ1v) is 7.07. The molecule has 0 bridgehead atoms. The van der Waals surface area contributed by atoms with E-state index in [0.29, 0.717) is 5.92 Å². The van der Waals surface area contributed by atoms with Crippen molar-refractivity contribution in [1.82, 2.24) is 4.90 Å². The molecule has 0 radical (unpaired) electrons. The molecule has 1 heterocycles. The molecule has 1 aliphatic heterocycles. The number of hydrogen-bond acceptors (Lipinski definition) is 2. The van der Waals surface area contributed by atoms with Crippen LogP contribution in [-0.2, 0) is 9.59 Å². The van der Waals surface area contributed by atoms with E-state index in [9.17, 15) is 9.59 Å². The minimum atomic E-state index is -0.807. The molecule has 0 saturated carbocycles. The van der Waals surface area contributed by atoms with Gasteiger partial charge in [-0.15, -0.1) is 0 Å². The summed E-state index contributed by atoms with van der Waals surface area (Å²) in [6.45, 7) is 4.92. The summed E-state index contributed by atoms with van der Waals surface area (Å²) in [5.74, 6) is -0.796. The van der Waals surface area contributed by atoms with Crippen molar-refractivity contribution in [3.8, 4) is 0 Å². The fourth-order valence-electron chi connectivity index (χ4n) is 2.73. The van der Waals surface area contributed by atoms with Gasteiger partial charge >= 0.3 is 5.97 Å². The van der Waals surface area contributed by atoms with Gasteiger partial charge in [0.2, 0.25) is 5.91 Å². The first-order chi connectivity index (χ1) is 9.49. The molecule has 1 fully saturated rings. The third kappa shape index (κ3) is 3.18. The molecule has 0 aromatic heterocycles. The number of carboxylic acids is 1. The maximum absolute atomic E-state index is 11.5. The summed E-state index contributed by atoms with van der Waals surface area (Å²) in [6, 6.07) is 7.79. The van der Waals surface area contributed by atoms with Gasteiger partial charge in [-0.3, -0.25) is 9.59 Å². The number of aliphatic carboxylic acids is 1. The minimum Gasteiger partial charge on any atom is -0.481 e. The number of benzene rings is 1. The quantitative estimate of drug-likeness (QED) is 0.922. The minimum absolute atomic E-state index is 0.130. The van der Waals surface area contributed by atoms with Crippen LogP contribution in [0.3, 0.4) is 0 Å². The van der Waals surface area contributed by atoms with Crippen LogP contribution < -0.4 is 0 Å². The monoisotopic (exact) mass is 275 g/mol. The Hall–Kier alpha value is -1.84. The molecule has 4 heteroatoms. The van der Waals surface area contributed by atoms with Crippen molar-refractivity contribution in [2.75, 3.05) is 13.1 Å². The molecule has 2 rings (SSSR count). The third-order valence-corrected chi connectivity index (χ3v) is 4.15. The Balaban J connectivity index is 2.09. The molecule has 108 valence electrons. The van der Waals surface area contributed by atoms with E-state index in [1.807, 2.05) is 29.2 Å². The van der Waals surface area contributed by atoms with E-state index in [4.69, 9.17) is 5.11 Å². The Morgan fingerprint density at radius 1 is 1.30 bits per heavy atom. The number of carbonyl (C=O) groups is 2. The van der Waals surface area contributed by atoms with Crippen molar-refractivity contribution in [3.63, 3.8) is 0 Å². The van der Waals surface area contributed by atoms with Gasteiger partial charge in [0.1, 0.15) is 0 Å². The fourth-order valence-corrected chi connectivity index (χ4v) is 2.73. The highest BCUT2D eigenvalue weighted by atomic mass is 16.4. The van der Waals surface area contributed by atoms with Gasteiger partial charge < -0.3 is 10.0 Å². The second-order valence-electron chi connectivity index (χ2n) is 5.53. The van der Waals surface area contributed by atoms with Gasteiger partial charge in [-0.1, -0.05) is 24.3 Å². The number of piperidine rings is 1. The third-order valence-electron chi connectivity index (χ3n) is 4.15. The van der Waals surface area contributed by atoms with E-state index in [1.165, 1.54) is 5.56 Å². The SMILES string of the molecule is CC(=O)N1CCCC(c2ccc(C(C)C(=O)O)cc2)C1. The van der Waals surface area contributed by atoms with E-state index in [1.54, 1.807) is 13.8 Å². The number of carbonyl (C=O) groups excluding carboxylic acids is 1. The van der Waals surface area contributed by atoms with Crippen molar-refractivity contribution in [2.24, 2.45) is 0 Å². The Morgan fingerprint density at radius 3 is 2.50 bits per heavy atom. The van der Waals surface area contributed by atoms with Crippen molar-refractivity contribution >= 4 is 11.9 Å². The first-order valence-electron chi connectivity index (χ1n) is 7.07. The fraction of sp³-hybridized carbons (Fsp3) is 0.500. The summed E-state index contributed by atoms with van der Waals surface area (Å²) >= 11 is 0. The zero-order chi connectivity index (χ0) is 14.7. The van der Waals surface area contributed by atoms with Crippen LogP contribution in [0.2, 0.25) is 0 Å². The lowest BCUT2D eigenvalue weighted by atomic mass is 9.89. The Bertz CT molecular complexity index is 495. The van der Waals surface area contributed by atoms with Crippen LogP contribution in [-0.4, -0.2) is 35.0 Å². The van der Waals surface area contributed by atoms with Crippen LogP contribution >= 0.6 is 0 Å². The number of hydrogen-bond donors (Lipinski definition) is 1. The predicted octanol–water partition coefficient (Wildman–Crippen LogP) is 2.60. The Kier molecular flexibility index (Phi) is 4.42. The molecule has 1 saturated heterocycles. The largest absolute Gasteiger partial charge is 0.481 e. The van der Waals surface area contributed by atoms with E-state index in [0.717, 1.165) is 31.5 Å². The lowest BCUT2D eigenvalue weighted by Crippen LogP contribution is -2.37. The van der Waals surface area contributed by atoms with Crippen LogP contribution in [0.15, 0.2) is 24.3 Å². The first kappa shape index (κ1) is 14.6. The van der Waals surface area contributed by atoms with Gasteiger partial charge in [0, 0.05) is 25.9 Å². The average Bonchev–Trinajstić information content (AvgIpc) is 2.46. The molecule has 1 aliphatic rings. The summed E-state index contributed by atoms with van der Waals surface area (Å²) < 4.78 is 0.